The Hall–Kier alpha value is -3.54. The van der Waals surface area contributed by atoms with E-state index in [0.29, 0.717) is 23.6 Å². The first-order valence-corrected chi connectivity index (χ1v) is 18.0. The van der Waals surface area contributed by atoms with Gasteiger partial charge in [-0.1, -0.05) is 117 Å². The fourth-order valence-electron chi connectivity index (χ4n) is 8.13. The van der Waals surface area contributed by atoms with Gasteiger partial charge >= 0.3 is 0 Å². The second-order valence-corrected chi connectivity index (χ2v) is 14.6. The second kappa shape index (κ2) is 16.0. The summed E-state index contributed by atoms with van der Waals surface area (Å²) in [6, 6.07) is 29.3. The molecular formula is C42H56N3O2+. The molecule has 0 radical (unpaired) electrons. The molecule has 0 saturated carbocycles. The van der Waals surface area contributed by atoms with Crippen LogP contribution in [-0.2, 0) is 5.41 Å². The molecule has 5 rings (SSSR count). The lowest BCUT2D eigenvalue weighted by Crippen LogP contribution is -2.47. The molecule has 2 heterocycles. The summed E-state index contributed by atoms with van der Waals surface area (Å²) in [6.45, 7) is 12.6. The summed E-state index contributed by atoms with van der Waals surface area (Å²) in [7, 11) is 4.42. The van der Waals surface area contributed by atoms with Crippen LogP contribution < -0.4 is 0 Å². The summed E-state index contributed by atoms with van der Waals surface area (Å²) in [5, 5.41) is 0. The molecule has 1 atom stereocenters. The number of nitrogens with zero attached hydrogens (tertiary/aromatic N) is 3. The van der Waals surface area contributed by atoms with Crippen molar-refractivity contribution in [2.45, 2.75) is 70.1 Å². The van der Waals surface area contributed by atoms with Gasteiger partial charge in [0.25, 0.3) is 11.8 Å². The average molecular weight is 635 g/mol. The summed E-state index contributed by atoms with van der Waals surface area (Å²) in [5.41, 5.74) is 4.92. The summed E-state index contributed by atoms with van der Waals surface area (Å²) >= 11 is 0. The van der Waals surface area contributed by atoms with Gasteiger partial charge in [0.2, 0.25) is 0 Å². The van der Waals surface area contributed by atoms with Crippen LogP contribution in [0.4, 0.5) is 0 Å². The molecule has 5 heteroatoms. The van der Waals surface area contributed by atoms with E-state index < -0.39 is 0 Å². The Morgan fingerprint density at radius 1 is 0.702 bits per heavy atom. The van der Waals surface area contributed by atoms with Crippen LogP contribution in [0.5, 0.6) is 0 Å². The Balaban J connectivity index is 0.960. The molecule has 5 nitrogen and oxygen atoms in total. The number of allylic oxidation sites excluding steroid dienone is 1. The molecule has 250 valence electrons. The first-order valence-electron chi connectivity index (χ1n) is 18.0. The number of benzene rings is 3. The zero-order chi connectivity index (χ0) is 33.3. The summed E-state index contributed by atoms with van der Waals surface area (Å²) in [5.74, 6) is 0.230. The third kappa shape index (κ3) is 8.13. The molecular weight excluding hydrogens is 578 g/mol. The first-order chi connectivity index (χ1) is 22.7. The van der Waals surface area contributed by atoms with Crippen molar-refractivity contribution in [3.8, 4) is 0 Å². The van der Waals surface area contributed by atoms with Gasteiger partial charge in [-0.2, -0.15) is 0 Å². The third-order valence-corrected chi connectivity index (χ3v) is 10.8. The maximum absolute atomic E-state index is 12.7. The maximum atomic E-state index is 12.7. The number of hydrogen-bond acceptors (Lipinski definition) is 3. The highest BCUT2D eigenvalue weighted by molar-refractivity contribution is 6.21. The first kappa shape index (κ1) is 34.8. The van der Waals surface area contributed by atoms with Gasteiger partial charge in [0, 0.05) is 12.0 Å². The van der Waals surface area contributed by atoms with E-state index >= 15 is 0 Å². The highest BCUT2D eigenvalue weighted by Crippen LogP contribution is 2.48. The number of rotatable bonds is 18. The minimum absolute atomic E-state index is 0.147. The monoisotopic (exact) mass is 634 g/mol. The van der Waals surface area contributed by atoms with E-state index in [-0.39, 0.29) is 17.2 Å². The van der Waals surface area contributed by atoms with Crippen molar-refractivity contribution < 1.29 is 14.1 Å². The van der Waals surface area contributed by atoms with Gasteiger partial charge in [0.15, 0.2) is 0 Å². The molecule has 3 aromatic rings. The van der Waals surface area contributed by atoms with Crippen molar-refractivity contribution in [3.05, 3.63) is 119 Å². The largest absolute Gasteiger partial charge is 0.327 e. The summed E-state index contributed by atoms with van der Waals surface area (Å²) in [4.78, 5) is 29.5. The molecule has 2 aliphatic rings. The summed E-state index contributed by atoms with van der Waals surface area (Å²) < 4.78 is 0.828. The van der Waals surface area contributed by atoms with Gasteiger partial charge in [0.1, 0.15) is 0 Å². The van der Waals surface area contributed by atoms with Gasteiger partial charge < -0.3 is 9.38 Å². The van der Waals surface area contributed by atoms with Crippen molar-refractivity contribution in [1.82, 2.24) is 9.80 Å². The predicted octanol–water partition coefficient (Wildman–Crippen LogP) is 8.36. The fourth-order valence-corrected chi connectivity index (χ4v) is 8.13. The molecule has 1 saturated heterocycles. The molecule has 0 aliphatic carbocycles. The third-order valence-electron chi connectivity index (χ3n) is 10.8. The number of quaternary nitrogens is 1. The van der Waals surface area contributed by atoms with Crippen molar-refractivity contribution in [2.24, 2.45) is 5.92 Å². The van der Waals surface area contributed by atoms with Crippen molar-refractivity contribution in [2.75, 3.05) is 53.4 Å². The van der Waals surface area contributed by atoms with Crippen LogP contribution in [0, 0.1) is 5.92 Å². The molecule has 0 aromatic heterocycles. The van der Waals surface area contributed by atoms with Crippen molar-refractivity contribution in [1.29, 1.82) is 0 Å². The van der Waals surface area contributed by atoms with E-state index in [1.165, 1.54) is 92.5 Å². The van der Waals surface area contributed by atoms with Gasteiger partial charge in [-0.25, -0.2) is 0 Å². The van der Waals surface area contributed by atoms with Gasteiger partial charge in [-0.05, 0) is 74.9 Å². The van der Waals surface area contributed by atoms with Crippen molar-refractivity contribution >= 4 is 11.8 Å². The van der Waals surface area contributed by atoms with E-state index in [4.69, 9.17) is 0 Å². The standard InChI is InChI=1S/C42H56N3O2/c1-34(2)42(35-21-13-11-14-22-35,36-23-15-12-16-24-36)37-27-29-43(33-37)28-19-9-7-5-6-8-10-20-31-45(3,4)32-30-44-40(46)38-25-17-18-26-39(38)41(44)47/h11-18,21-26,37H,1,5-10,19-20,27-33H2,2-4H3/q+1. The number of carbonyl (C=O) groups excluding carboxylic acids is 2. The zero-order valence-corrected chi connectivity index (χ0v) is 29.1. The highest BCUT2D eigenvalue weighted by atomic mass is 16.2. The van der Waals surface area contributed by atoms with E-state index in [2.05, 4.69) is 93.2 Å². The van der Waals surface area contributed by atoms with E-state index in [0.717, 1.165) is 24.1 Å². The summed E-state index contributed by atoms with van der Waals surface area (Å²) in [6.07, 6.45) is 11.5. The molecule has 0 spiro atoms. The smallest absolute Gasteiger partial charge is 0.261 e. The van der Waals surface area contributed by atoms with Gasteiger partial charge in [0.05, 0.1) is 44.9 Å². The zero-order valence-electron chi connectivity index (χ0n) is 29.1. The highest BCUT2D eigenvalue weighted by Gasteiger charge is 2.45. The molecule has 3 aromatic carbocycles. The Kier molecular flexibility index (Phi) is 11.9. The SMILES string of the molecule is C=C(C)C(c1ccccc1)(c1ccccc1)C1CCN(CCCCCCCCCC[N+](C)(C)CCN2C(=O)c3ccccc3C2=O)C1. The minimum atomic E-state index is -0.149. The number of fused-ring (bicyclic) bond motifs is 1. The van der Waals surface area contributed by atoms with E-state index in [1.54, 1.807) is 12.1 Å². The van der Waals surface area contributed by atoms with Crippen LogP contribution >= 0.6 is 0 Å². The number of imide groups is 1. The number of likely N-dealkylation sites (N-methyl/N-ethyl adjacent to an activating group) is 1. The number of likely N-dealkylation sites (tertiary alicyclic amines) is 1. The Morgan fingerprint density at radius 3 is 1.72 bits per heavy atom. The number of unbranched alkanes of at least 4 members (excludes halogenated alkanes) is 7. The van der Waals surface area contributed by atoms with Crippen LogP contribution in [0.1, 0.15) is 96.6 Å². The molecule has 1 fully saturated rings. The molecule has 47 heavy (non-hydrogen) atoms. The molecule has 0 N–H and O–H groups in total. The Labute approximate surface area is 283 Å². The van der Waals surface area contributed by atoms with Crippen LogP contribution in [0.3, 0.4) is 0 Å². The van der Waals surface area contributed by atoms with E-state index in [9.17, 15) is 9.59 Å². The lowest BCUT2D eigenvalue weighted by atomic mass is 9.62. The van der Waals surface area contributed by atoms with Crippen LogP contribution in [0.2, 0.25) is 0 Å². The van der Waals surface area contributed by atoms with Crippen LogP contribution in [0.15, 0.2) is 97.1 Å². The van der Waals surface area contributed by atoms with Crippen molar-refractivity contribution in [3.63, 3.8) is 0 Å². The lowest BCUT2D eigenvalue weighted by molar-refractivity contribution is -0.889. The average Bonchev–Trinajstić information content (AvgIpc) is 3.64. The van der Waals surface area contributed by atoms with Crippen LogP contribution in [-0.4, -0.2) is 79.5 Å². The number of amides is 2. The molecule has 1 unspecified atom stereocenters. The lowest BCUT2D eigenvalue weighted by Gasteiger charge is -2.41. The van der Waals surface area contributed by atoms with Gasteiger partial charge in [-0.15, -0.1) is 0 Å². The topological polar surface area (TPSA) is 40.6 Å². The molecule has 2 amide bonds. The quantitative estimate of drug-likeness (QED) is 0.0611. The maximum Gasteiger partial charge on any atom is 0.261 e. The Morgan fingerprint density at radius 2 is 1.19 bits per heavy atom. The number of hydrogen-bond donors (Lipinski definition) is 0. The molecule has 2 aliphatic heterocycles. The van der Waals surface area contributed by atoms with Gasteiger partial charge in [-0.3, -0.25) is 14.5 Å². The fraction of sp³-hybridized carbons (Fsp3) is 0.476. The number of carbonyl (C=O) groups is 2. The normalized spacial score (nSPS) is 17.0. The molecule has 0 bridgehead atoms. The second-order valence-electron chi connectivity index (χ2n) is 14.6. The van der Waals surface area contributed by atoms with Crippen LogP contribution in [0.25, 0.3) is 0 Å². The minimum Gasteiger partial charge on any atom is -0.327 e. The Bertz CT molecular complexity index is 1410. The van der Waals surface area contributed by atoms with E-state index in [1.807, 2.05) is 12.1 Å². The predicted molar refractivity (Wildman–Crippen MR) is 194 cm³/mol.